The third-order valence-electron chi connectivity index (χ3n) is 0.944. The number of nitrogens with one attached hydrogen (secondary N) is 1. The first-order valence-corrected chi connectivity index (χ1v) is 3.19. The number of hydrogen-bond donors (Lipinski definition) is 2. The highest BCUT2D eigenvalue weighted by Crippen LogP contribution is 2.04. The van der Waals surface area contributed by atoms with Crippen LogP contribution in [0.5, 0.6) is 5.88 Å². The zero-order valence-corrected chi connectivity index (χ0v) is 6.22. The lowest BCUT2D eigenvalue weighted by Crippen LogP contribution is -2.03. The maximum absolute atomic E-state index is 10.0. The Morgan fingerprint density at radius 2 is 2.45 bits per heavy atom. The molecule has 0 saturated heterocycles. The van der Waals surface area contributed by atoms with Crippen molar-refractivity contribution in [1.82, 2.24) is 4.98 Å². The van der Waals surface area contributed by atoms with E-state index in [4.69, 9.17) is 17.3 Å². The molecule has 4 nitrogen and oxygen atoms in total. The van der Waals surface area contributed by atoms with Crippen LogP contribution < -0.4 is 4.74 Å². The minimum Gasteiger partial charge on any atom is -0.449 e. The molecular weight excluding hydrogens is 166 g/mol. The second kappa shape index (κ2) is 3.16. The van der Waals surface area contributed by atoms with Gasteiger partial charge in [0.05, 0.1) is 0 Å². The largest absolute Gasteiger partial charge is 0.512 e. The lowest BCUT2D eigenvalue weighted by Gasteiger charge is -1.96. The second-order valence-corrected chi connectivity index (χ2v) is 2.23. The Kier molecular flexibility index (Phi) is 2.22. The van der Waals surface area contributed by atoms with Crippen molar-refractivity contribution in [1.29, 1.82) is 0 Å². The average molecular weight is 171 g/mol. The highest BCUT2D eigenvalue weighted by molar-refractivity contribution is 7.71. The molecule has 2 N–H and O–H groups in total. The Balaban J connectivity index is 2.88. The van der Waals surface area contributed by atoms with Gasteiger partial charge in [0.15, 0.2) is 0 Å². The maximum atomic E-state index is 10.0. The van der Waals surface area contributed by atoms with E-state index in [2.05, 4.69) is 9.72 Å². The summed E-state index contributed by atoms with van der Waals surface area (Å²) in [5.74, 6) is 0.130. The van der Waals surface area contributed by atoms with Gasteiger partial charge in [-0.05, 0) is 6.07 Å². The number of H-pyrrole nitrogens is 1. The van der Waals surface area contributed by atoms with Crippen molar-refractivity contribution >= 4 is 18.4 Å². The van der Waals surface area contributed by atoms with Gasteiger partial charge in [-0.25, -0.2) is 4.79 Å². The quantitative estimate of drug-likeness (QED) is 0.499. The van der Waals surface area contributed by atoms with E-state index in [1.165, 1.54) is 12.3 Å². The van der Waals surface area contributed by atoms with E-state index < -0.39 is 6.16 Å². The van der Waals surface area contributed by atoms with Crippen LogP contribution in [0.2, 0.25) is 0 Å². The normalized spacial score (nSPS) is 9.09. The summed E-state index contributed by atoms with van der Waals surface area (Å²) < 4.78 is 4.82. The highest BCUT2D eigenvalue weighted by Gasteiger charge is 1.98. The van der Waals surface area contributed by atoms with Gasteiger partial charge in [0, 0.05) is 16.8 Å². The summed E-state index contributed by atoms with van der Waals surface area (Å²) in [5, 5.41) is 8.18. The van der Waals surface area contributed by atoms with Crippen LogP contribution in [0.1, 0.15) is 0 Å². The van der Waals surface area contributed by atoms with Crippen LogP contribution in [0.4, 0.5) is 4.79 Å². The molecule has 1 heterocycles. The lowest BCUT2D eigenvalue weighted by atomic mass is 10.5. The van der Waals surface area contributed by atoms with E-state index >= 15 is 0 Å². The predicted molar refractivity (Wildman–Crippen MR) is 40.3 cm³/mol. The van der Waals surface area contributed by atoms with Crippen molar-refractivity contribution < 1.29 is 14.6 Å². The van der Waals surface area contributed by atoms with E-state index in [0.29, 0.717) is 4.51 Å². The number of aromatic nitrogens is 1. The van der Waals surface area contributed by atoms with Gasteiger partial charge in [0.1, 0.15) is 0 Å². The lowest BCUT2D eigenvalue weighted by molar-refractivity contribution is 0.142. The van der Waals surface area contributed by atoms with Crippen molar-refractivity contribution in [2.24, 2.45) is 0 Å². The predicted octanol–water partition coefficient (Wildman–Crippen LogP) is 1.80. The van der Waals surface area contributed by atoms with Gasteiger partial charge in [-0.3, -0.25) is 0 Å². The molecule has 0 fully saturated rings. The summed E-state index contributed by atoms with van der Waals surface area (Å²) in [6.45, 7) is 0. The van der Waals surface area contributed by atoms with E-state index in [1.54, 1.807) is 6.07 Å². The molecule has 0 saturated carbocycles. The van der Waals surface area contributed by atoms with Gasteiger partial charge in [-0.2, -0.15) is 0 Å². The fourth-order valence-corrected chi connectivity index (χ4v) is 0.753. The Labute approximate surface area is 67.4 Å². The molecule has 1 aromatic rings. The molecule has 58 valence electrons. The van der Waals surface area contributed by atoms with Gasteiger partial charge in [-0.1, -0.05) is 12.2 Å². The van der Waals surface area contributed by atoms with Crippen LogP contribution in [0.3, 0.4) is 0 Å². The van der Waals surface area contributed by atoms with E-state index in [1.807, 2.05) is 0 Å². The molecule has 0 amide bonds. The standard InChI is InChI=1S/C6H5NO3S/c8-6(9)10-5-3-4(11)1-2-7-5/h1-3H,(H,7,11)(H,8,9). The number of aromatic amines is 1. The van der Waals surface area contributed by atoms with Gasteiger partial charge < -0.3 is 14.8 Å². The Morgan fingerprint density at radius 1 is 1.73 bits per heavy atom. The van der Waals surface area contributed by atoms with Gasteiger partial charge >= 0.3 is 6.16 Å². The number of ether oxygens (including phenoxy) is 1. The summed E-state index contributed by atoms with van der Waals surface area (Å²) in [6.07, 6.45) is 0.155. The first kappa shape index (κ1) is 7.74. The highest BCUT2D eigenvalue weighted by atomic mass is 32.1. The van der Waals surface area contributed by atoms with Crippen LogP contribution in [0, 0.1) is 4.51 Å². The number of hydrogen-bond acceptors (Lipinski definition) is 3. The monoisotopic (exact) mass is 171 g/mol. The van der Waals surface area contributed by atoms with Crippen LogP contribution in [-0.4, -0.2) is 16.2 Å². The fourth-order valence-electron chi connectivity index (χ4n) is 0.578. The van der Waals surface area contributed by atoms with Crippen molar-refractivity contribution in [3.63, 3.8) is 0 Å². The van der Waals surface area contributed by atoms with Crippen molar-refractivity contribution in [3.8, 4) is 5.88 Å². The van der Waals surface area contributed by atoms with Gasteiger partial charge in [0.2, 0.25) is 5.88 Å². The summed E-state index contributed by atoms with van der Waals surface area (Å²) >= 11 is 4.76. The fraction of sp³-hybridized carbons (Fsp3) is 0. The summed E-state index contributed by atoms with van der Waals surface area (Å²) in [6, 6.07) is 3.05. The first-order chi connectivity index (χ1) is 5.18. The molecule has 5 heteroatoms. The van der Waals surface area contributed by atoms with Crippen LogP contribution in [-0.2, 0) is 0 Å². The number of carbonyl (C=O) groups is 1. The van der Waals surface area contributed by atoms with Crippen molar-refractivity contribution in [2.75, 3.05) is 0 Å². The topological polar surface area (TPSA) is 62.3 Å². The van der Waals surface area contributed by atoms with E-state index in [-0.39, 0.29) is 5.88 Å². The van der Waals surface area contributed by atoms with Crippen LogP contribution >= 0.6 is 12.2 Å². The zero-order valence-electron chi connectivity index (χ0n) is 5.40. The second-order valence-electron chi connectivity index (χ2n) is 1.76. The molecule has 11 heavy (non-hydrogen) atoms. The first-order valence-electron chi connectivity index (χ1n) is 2.78. The number of rotatable bonds is 1. The summed E-state index contributed by atoms with van der Waals surface area (Å²) in [4.78, 5) is 12.6. The summed E-state index contributed by atoms with van der Waals surface area (Å²) in [5.41, 5.74) is 0. The molecule has 0 spiro atoms. The third-order valence-corrected chi connectivity index (χ3v) is 1.20. The minimum absolute atomic E-state index is 0.130. The van der Waals surface area contributed by atoms with Crippen molar-refractivity contribution in [3.05, 3.63) is 22.8 Å². The third kappa shape index (κ3) is 2.38. The van der Waals surface area contributed by atoms with Gasteiger partial charge in [0.25, 0.3) is 0 Å². The zero-order chi connectivity index (χ0) is 8.27. The molecule has 1 aromatic heterocycles. The molecule has 0 aliphatic rings. The smallest absolute Gasteiger partial charge is 0.449 e. The molecule has 0 aliphatic carbocycles. The number of pyridine rings is 1. The van der Waals surface area contributed by atoms with E-state index in [0.717, 1.165) is 0 Å². The SMILES string of the molecule is O=C(O)Oc1cc(=S)cc[nH]1. The molecule has 0 bridgehead atoms. The molecular formula is C6H5NO3S. The molecule has 0 aromatic carbocycles. The van der Waals surface area contributed by atoms with E-state index in [9.17, 15) is 4.79 Å². The van der Waals surface area contributed by atoms with Crippen molar-refractivity contribution in [2.45, 2.75) is 0 Å². The van der Waals surface area contributed by atoms with Gasteiger partial charge in [-0.15, -0.1) is 0 Å². The Hall–Kier alpha value is -1.36. The number of carboxylic acid groups (broad SMARTS) is 1. The van der Waals surface area contributed by atoms with Crippen LogP contribution in [0.25, 0.3) is 0 Å². The molecule has 0 aliphatic heterocycles. The summed E-state index contributed by atoms with van der Waals surface area (Å²) in [7, 11) is 0. The molecule has 1 rings (SSSR count). The average Bonchev–Trinajstić information content (AvgIpc) is 1.85. The molecule has 0 radical (unpaired) electrons. The maximum Gasteiger partial charge on any atom is 0.512 e. The minimum atomic E-state index is -1.36. The Morgan fingerprint density at radius 3 is 3.00 bits per heavy atom. The molecule has 0 atom stereocenters. The Bertz CT molecular complexity index is 320. The van der Waals surface area contributed by atoms with Crippen LogP contribution in [0.15, 0.2) is 18.3 Å². The molecule has 0 unspecified atom stereocenters.